The minimum atomic E-state index is -0.303. The summed E-state index contributed by atoms with van der Waals surface area (Å²) < 4.78 is 27.6. The number of methoxy groups -OCH3 is 2. The van der Waals surface area contributed by atoms with Gasteiger partial charge in [0.1, 0.15) is 6.26 Å². The first kappa shape index (κ1) is 28.8. The molecule has 0 radical (unpaired) electrons. The third kappa shape index (κ3) is 7.71. The summed E-state index contributed by atoms with van der Waals surface area (Å²) in [6.45, 7) is 8.95. The SMILES string of the molecule is CCOC(=O)[C@H]1CCCN(C(=O)c2coc(CN(CCN3CCOCC3)Cc3cccc(OC)c3OC)n2)C1. The number of piperidine rings is 1. The van der Waals surface area contributed by atoms with Crippen molar-refractivity contribution in [1.29, 1.82) is 0 Å². The second-order valence-corrected chi connectivity index (χ2v) is 9.79. The molecule has 4 rings (SSSR count). The smallest absolute Gasteiger partial charge is 0.310 e. The van der Waals surface area contributed by atoms with E-state index in [4.69, 9.17) is 23.4 Å². The molecule has 11 nitrogen and oxygen atoms in total. The lowest BCUT2D eigenvalue weighted by atomic mass is 9.98. The maximum atomic E-state index is 13.2. The topological polar surface area (TPSA) is 107 Å². The van der Waals surface area contributed by atoms with Crippen LogP contribution in [0.15, 0.2) is 28.9 Å². The first-order valence-electron chi connectivity index (χ1n) is 13.6. The fraction of sp³-hybridized carbons (Fsp3) is 0.607. The van der Waals surface area contributed by atoms with E-state index in [1.807, 2.05) is 18.2 Å². The number of esters is 1. The van der Waals surface area contributed by atoms with Crippen molar-refractivity contribution in [1.82, 2.24) is 19.7 Å². The normalized spacial score (nSPS) is 18.3. The molecule has 0 aliphatic carbocycles. The fourth-order valence-corrected chi connectivity index (χ4v) is 5.09. The van der Waals surface area contributed by atoms with Crippen LogP contribution in [0.5, 0.6) is 11.5 Å². The van der Waals surface area contributed by atoms with Crippen LogP contribution in [-0.4, -0.2) is 105 Å². The van der Waals surface area contributed by atoms with Gasteiger partial charge >= 0.3 is 5.97 Å². The lowest BCUT2D eigenvalue weighted by Gasteiger charge is -2.31. The number of hydrogen-bond donors (Lipinski definition) is 0. The molecule has 1 aromatic carbocycles. The Morgan fingerprint density at radius 2 is 1.95 bits per heavy atom. The Bertz CT molecular complexity index is 1090. The van der Waals surface area contributed by atoms with Crippen molar-refractivity contribution in [2.45, 2.75) is 32.9 Å². The van der Waals surface area contributed by atoms with Gasteiger partial charge in [0.15, 0.2) is 17.2 Å². The first-order valence-corrected chi connectivity index (χ1v) is 13.6. The zero-order valence-corrected chi connectivity index (χ0v) is 23.2. The number of amides is 1. The van der Waals surface area contributed by atoms with Crippen LogP contribution in [0.2, 0.25) is 0 Å². The van der Waals surface area contributed by atoms with Crippen LogP contribution in [0.1, 0.15) is 41.7 Å². The van der Waals surface area contributed by atoms with E-state index in [9.17, 15) is 9.59 Å². The van der Waals surface area contributed by atoms with Gasteiger partial charge in [-0.05, 0) is 25.8 Å². The highest BCUT2D eigenvalue weighted by molar-refractivity contribution is 5.92. The van der Waals surface area contributed by atoms with Gasteiger partial charge in [-0.2, -0.15) is 0 Å². The van der Waals surface area contributed by atoms with Crippen LogP contribution in [-0.2, 0) is 27.4 Å². The number of carbonyl (C=O) groups excluding carboxylic acids is 2. The molecule has 1 aromatic heterocycles. The molecule has 2 saturated heterocycles. The molecule has 0 unspecified atom stereocenters. The summed E-state index contributed by atoms with van der Waals surface area (Å²) in [6.07, 6.45) is 2.88. The average molecular weight is 545 g/mol. The Labute approximate surface area is 229 Å². The summed E-state index contributed by atoms with van der Waals surface area (Å²) in [5, 5.41) is 0. The number of morpholine rings is 1. The molecule has 214 valence electrons. The number of benzene rings is 1. The monoisotopic (exact) mass is 544 g/mol. The Hall–Kier alpha value is -3.15. The Morgan fingerprint density at radius 1 is 1.13 bits per heavy atom. The van der Waals surface area contributed by atoms with Crippen LogP contribution in [0.25, 0.3) is 0 Å². The standard InChI is InChI=1S/C28H40N4O7/c1-4-38-28(34)22-8-6-10-32(18-22)27(33)23-20-39-25(29-23)19-31(12-11-30-13-15-37-16-14-30)17-21-7-5-9-24(35-2)26(21)36-3/h5,7,9,20,22H,4,6,8,10-19H2,1-3H3/t22-/m0/s1. The van der Waals surface area contributed by atoms with Gasteiger partial charge < -0.3 is 28.3 Å². The number of oxazole rings is 1. The molecule has 1 atom stereocenters. The van der Waals surface area contributed by atoms with Crippen LogP contribution >= 0.6 is 0 Å². The maximum Gasteiger partial charge on any atom is 0.310 e. The second-order valence-electron chi connectivity index (χ2n) is 9.79. The van der Waals surface area contributed by atoms with E-state index in [1.165, 1.54) is 6.26 Å². The molecule has 3 heterocycles. The van der Waals surface area contributed by atoms with Crippen LogP contribution in [0.3, 0.4) is 0 Å². The zero-order valence-electron chi connectivity index (χ0n) is 23.2. The predicted octanol–water partition coefficient (Wildman–Crippen LogP) is 2.44. The summed E-state index contributed by atoms with van der Waals surface area (Å²) in [6, 6.07) is 5.84. The van der Waals surface area contributed by atoms with E-state index >= 15 is 0 Å². The van der Waals surface area contributed by atoms with E-state index in [0.29, 0.717) is 50.2 Å². The van der Waals surface area contributed by atoms with Crippen LogP contribution in [0, 0.1) is 5.92 Å². The molecule has 0 N–H and O–H groups in total. The number of para-hydroxylation sites is 1. The third-order valence-corrected chi connectivity index (χ3v) is 7.17. The maximum absolute atomic E-state index is 13.2. The lowest BCUT2D eigenvalue weighted by Crippen LogP contribution is -2.43. The number of ether oxygens (including phenoxy) is 4. The van der Waals surface area contributed by atoms with Crippen molar-refractivity contribution in [3.63, 3.8) is 0 Å². The molecule has 2 aromatic rings. The van der Waals surface area contributed by atoms with Gasteiger partial charge in [-0.15, -0.1) is 0 Å². The summed E-state index contributed by atoms with van der Waals surface area (Å²) in [5.41, 5.74) is 1.24. The predicted molar refractivity (Wildman–Crippen MR) is 143 cm³/mol. The van der Waals surface area contributed by atoms with E-state index in [0.717, 1.165) is 57.8 Å². The Balaban J connectivity index is 1.45. The van der Waals surface area contributed by atoms with Crippen molar-refractivity contribution >= 4 is 11.9 Å². The number of likely N-dealkylation sites (tertiary alicyclic amines) is 1. The summed E-state index contributed by atoms with van der Waals surface area (Å²) in [4.78, 5) is 36.2. The summed E-state index contributed by atoms with van der Waals surface area (Å²) in [7, 11) is 3.26. The molecule has 1 amide bonds. The molecule has 39 heavy (non-hydrogen) atoms. The van der Waals surface area contributed by atoms with Crippen LogP contribution in [0.4, 0.5) is 0 Å². The number of carbonyl (C=O) groups is 2. The van der Waals surface area contributed by atoms with Gasteiger partial charge in [-0.3, -0.25) is 19.4 Å². The quantitative estimate of drug-likeness (QED) is 0.370. The molecular weight excluding hydrogens is 504 g/mol. The van der Waals surface area contributed by atoms with Gasteiger partial charge in [-0.25, -0.2) is 4.98 Å². The molecule has 2 aliphatic rings. The molecule has 0 bridgehead atoms. The summed E-state index contributed by atoms with van der Waals surface area (Å²) in [5.74, 6) is 1.05. The van der Waals surface area contributed by atoms with Crippen molar-refractivity contribution in [3.05, 3.63) is 41.6 Å². The number of nitrogens with zero attached hydrogens (tertiary/aromatic N) is 4. The van der Waals surface area contributed by atoms with Crippen molar-refractivity contribution in [2.24, 2.45) is 5.92 Å². The highest BCUT2D eigenvalue weighted by Crippen LogP contribution is 2.32. The molecule has 11 heteroatoms. The molecule has 2 fully saturated rings. The van der Waals surface area contributed by atoms with Crippen molar-refractivity contribution in [3.8, 4) is 11.5 Å². The van der Waals surface area contributed by atoms with Gasteiger partial charge in [0, 0.05) is 51.4 Å². The van der Waals surface area contributed by atoms with E-state index in [-0.39, 0.29) is 23.5 Å². The van der Waals surface area contributed by atoms with Crippen molar-refractivity contribution in [2.75, 3.05) is 73.3 Å². The second kappa shape index (κ2) is 14.3. The third-order valence-electron chi connectivity index (χ3n) is 7.17. The Morgan fingerprint density at radius 3 is 2.69 bits per heavy atom. The summed E-state index contributed by atoms with van der Waals surface area (Å²) >= 11 is 0. The Kier molecular flexibility index (Phi) is 10.6. The van der Waals surface area contributed by atoms with E-state index in [2.05, 4.69) is 14.8 Å². The van der Waals surface area contributed by atoms with Gasteiger partial charge in [0.2, 0.25) is 5.89 Å². The molecule has 0 saturated carbocycles. The fourth-order valence-electron chi connectivity index (χ4n) is 5.09. The molecule has 0 spiro atoms. The molecular formula is C28H40N4O7. The van der Waals surface area contributed by atoms with Gasteiger partial charge in [0.05, 0.1) is 46.5 Å². The van der Waals surface area contributed by atoms with Gasteiger partial charge in [0.25, 0.3) is 5.91 Å². The van der Waals surface area contributed by atoms with Crippen LogP contribution < -0.4 is 9.47 Å². The number of rotatable bonds is 12. The highest BCUT2D eigenvalue weighted by Gasteiger charge is 2.31. The van der Waals surface area contributed by atoms with E-state index < -0.39 is 0 Å². The number of hydrogen-bond acceptors (Lipinski definition) is 10. The zero-order chi connectivity index (χ0) is 27.6. The minimum absolute atomic E-state index is 0.228. The first-order chi connectivity index (χ1) is 19.0. The van der Waals surface area contributed by atoms with Gasteiger partial charge in [-0.1, -0.05) is 12.1 Å². The highest BCUT2D eigenvalue weighted by atomic mass is 16.5. The minimum Gasteiger partial charge on any atom is -0.493 e. The molecule has 2 aliphatic heterocycles. The van der Waals surface area contributed by atoms with Crippen molar-refractivity contribution < 1.29 is 33.0 Å². The largest absolute Gasteiger partial charge is 0.493 e. The number of aromatic nitrogens is 1. The lowest BCUT2D eigenvalue weighted by molar-refractivity contribution is -0.149. The van der Waals surface area contributed by atoms with E-state index in [1.54, 1.807) is 26.0 Å². The average Bonchev–Trinajstić information content (AvgIpc) is 3.44.